The van der Waals surface area contributed by atoms with Gasteiger partial charge in [0, 0.05) is 29.7 Å². The number of terminal acetylenes is 1. The van der Waals surface area contributed by atoms with Crippen LogP contribution >= 0.6 is 0 Å². The molecule has 24 heavy (non-hydrogen) atoms. The molecule has 0 bridgehead atoms. The molecule has 0 radical (unpaired) electrons. The van der Waals surface area contributed by atoms with Gasteiger partial charge in [0.1, 0.15) is 5.65 Å². The van der Waals surface area contributed by atoms with E-state index in [-0.39, 0.29) is 5.82 Å². The molecule has 126 valence electrons. The second-order valence-corrected chi connectivity index (χ2v) is 4.58. The lowest BCUT2D eigenvalue weighted by Crippen LogP contribution is -2.00. The number of aromatic nitrogens is 2. The molecular formula is C19H20F2N2O. The summed E-state index contributed by atoms with van der Waals surface area (Å²) in [6.07, 6.45) is 14.4. The van der Waals surface area contributed by atoms with Crippen molar-refractivity contribution in [1.82, 2.24) is 9.38 Å². The molecule has 0 saturated heterocycles. The first kappa shape index (κ1) is 19.2. The van der Waals surface area contributed by atoms with Gasteiger partial charge in [-0.3, -0.25) is 4.39 Å². The van der Waals surface area contributed by atoms with Crippen molar-refractivity contribution >= 4 is 5.65 Å². The molecule has 0 fully saturated rings. The first-order valence-electron chi connectivity index (χ1n) is 7.35. The molecule has 0 N–H and O–H groups in total. The lowest BCUT2D eigenvalue weighted by atomic mass is 10.1. The predicted molar refractivity (Wildman–Crippen MR) is 93.3 cm³/mol. The summed E-state index contributed by atoms with van der Waals surface area (Å²) in [7, 11) is 0.500. The van der Waals surface area contributed by atoms with E-state index in [1.54, 1.807) is 12.3 Å². The van der Waals surface area contributed by atoms with Crippen LogP contribution in [0.3, 0.4) is 0 Å². The van der Waals surface area contributed by atoms with Crippen LogP contribution in [0.2, 0.25) is 0 Å². The Kier molecular flexibility index (Phi) is 8.00. The Morgan fingerprint density at radius 3 is 2.62 bits per heavy atom. The summed E-state index contributed by atoms with van der Waals surface area (Å²) in [5.41, 5.74) is 2.52. The highest BCUT2D eigenvalue weighted by molar-refractivity contribution is 5.71. The summed E-state index contributed by atoms with van der Waals surface area (Å²) in [5, 5.41) is 0. The molecule has 2 aromatic heterocycles. The zero-order chi connectivity index (χ0) is 17.9. The van der Waals surface area contributed by atoms with E-state index in [0.29, 0.717) is 19.5 Å². The van der Waals surface area contributed by atoms with Crippen LogP contribution in [-0.2, 0) is 0 Å². The number of fused-ring (bicyclic) bond motifs is 1. The van der Waals surface area contributed by atoms with Crippen LogP contribution in [0.4, 0.5) is 8.78 Å². The Morgan fingerprint density at radius 1 is 1.17 bits per heavy atom. The van der Waals surface area contributed by atoms with Gasteiger partial charge in [0.15, 0.2) is 11.6 Å². The molecule has 0 amide bonds. The molecular weight excluding hydrogens is 310 g/mol. The number of imidazole rings is 1. The Labute approximate surface area is 140 Å². The third-order valence-electron chi connectivity index (χ3n) is 3.12. The van der Waals surface area contributed by atoms with Crippen LogP contribution in [0, 0.1) is 18.7 Å². The highest BCUT2D eigenvalue weighted by Crippen LogP contribution is 2.32. The number of pyridine rings is 1. The standard InChI is InChI=1S/C16H15FN2O.C2H2.CH3F/c1-2-10-20-16-13(4-3-5-14(16)17)12-6-7-15-18-8-9-19(15)11-12;2*1-2/h3-9,11H,2,10H2,1H3;1-2H;1H3. The van der Waals surface area contributed by atoms with E-state index in [2.05, 4.69) is 17.8 Å². The van der Waals surface area contributed by atoms with E-state index >= 15 is 0 Å². The molecule has 1 aromatic carbocycles. The summed E-state index contributed by atoms with van der Waals surface area (Å²) < 4.78 is 30.9. The number of halogens is 2. The zero-order valence-corrected chi connectivity index (χ0v) is 13.7. The molecule has 3 nitrogen and oxygen atoms in total. The number of ether oxygens (including phenoxy) is 1. The monoisotopic (exact) mass is 330 g/mol. The Balaban J connectivity index is 0.000000671. The predicted octanol–water partition coefficient (Wildman–Crippen LogP) is 4.76. The van der Waals surface area contributed by atoms with E-state index in [9.17, 15) is 8.78 Å². The van der Waals surface area contributed by atoms with Crippen LogP contribution < -0.4 is 4.74 Å². The van der Waals surface area contributed by atoms with Crippen molar-refractivity contribution in [2.75, 3.05) is 13.8 Å². The maximum Gasteiger partial charge on any atom is 0.165 e. The van der Waals surface area contributed by atoms with Gasteiger partial charge < -0.3 is 9.14 Å². The average Bonchev–Trinajstić information content (AvgIpc) is 3.11. The van der Waals surface area contributed by atoms with E-state index in [0.717, 1.165) is 23.2 Å². The van der Waals surface area contributed by atoms with Crippen molar-refractivity contribution in [2.24, 2.45) is 0 Å². The molecule has 0 aliphatic heterocycles. The molecule has 5 heteroatoms. The molecule has 0 saturated carbocycles. The minimum Gasteiger partial charge on any atom is -0.490 e. The fourth-order valence-corrected chi connectivity index (χ4v) is 2.17. The summed E-state index contributed by atoms with van der Waals surface area (Å²) >= 11 is 0. The normalized spacial score (nSPS) is 9.42. The average molecular weight is 330 g/mol. The zero-order valence-electron chi connectivity index (χ0n) is 13.7. The van der Waals surface area contributed by atoms with Gasteiger partial charge in [-0.1, -0.05) is 19.1 Å². The number of benzene rings is 1. The maximum atomic E-state index is 14.0. The van der Waals surface area contributed by atoms with Crippen LogP contribution in [-0.4, -0.2) is 23.2 Å². The highest BCUT2D eigenvalue weighted by atomic mass is 19.1. The van der Waals surface area contributed by atoms with Crippen molar-refractivity contribution in [3.05, 3.63) is 54.7 Å². The quantitative estimate of drug-likeness (QED) is 0.645. The lowest BCUT2D eigenvalue weighted by Gasteiger charge is -2.12. The van der Waals surface area contributed by atoms with Crippen LogP contribution in [0.5, 0.6) is 5.75 Å². The van der Waals surface area contributed by atoms with E-state index < -0.39 is 0 Å². The van der Waals surface area contributed by atoms with Gasteiger partial charge >= 0.3 is 0 Å². The first-order valence-corrected chi connectivity index (χ1v) is 7.35. The van der Waals surface area contributed by atoms with Gasteiger partial charge in [0.05, 0.1) is 13.8 Å². The van der Waals surface area contributed by atoms with Gasteiger partial charge in [-0.2, -0.15) is 0 Å². The fourth-order valence-electron chi connectivity index (χ4n) is 2.17. The van der Waals surface area contributed by atoms with Crippen molar-refractivity contribution in [3.8, 4) is 29.7 Å². The van der Waals surface area contributed by atoms with Crippen molar-refractivity contribution in [1.29, 1.82) is 0 Å². The maximum absolute atomic E-state index is 14.0. The van der Waals surface area contributed by atoms with Crippen LogP contribution in [0.1, 0.15) is 13.3 Å². The van der Waals surface area contributed by atoms with Gasteiger partial charge in [-0.15, -0.1) is 12.8 Å². The second-order valence-electron chi connectivity index (χ2n) is 4.58. The second kappa shape index (κ2) is 10.0. The Morgan fingerprint density at radius 2 is 1.92 bits per heavy atom. The largest absolute Gasteiger partial charge is 0.490 e. The fraction of sp³-hybridized carbons (Fsp3) is 0.211. The number of rotatable bonds is 4. The first-order chi connectivity index (χ1) is 11.8. The lowest BCUT2D eigenvalue weighted by molar-refractivity contribution is 0.302. The molecule has 0 unspecified atom stereocenters. The van der Waals surface area contributed by atoms with Crippen LogP contribution in [0.25, 0.3) is 16.8 Å². The number of alkyl halides is 1. The van der Waals surface area contributed by atoms with Crippen molar-refractivity contribution in [3.63, 3.8) is 0 Å². The van der Waals surface area contributed by atoms with E-state index in [1.807, 2.05) is 41.9 Å². The van der Waals surface area contributed by atoms with Crippen LogP contribution in [0.15, 0.2) is 48.9 Å². The van der Waals surface area contributed by atoms with E-state index in [1.165, 1.54) is 6.07 Å². The minimum atomic E-state index is -0.332. The number of hydrogen-bond acceptors (Lipinski definition) is 2. The molecule has 0 atom stereocenters. The SMILES string of the molecule is C#C.CCCOc1c(F)cccc1-c1ccc2nccn2c1.CF. The topological polar surface area (TPSA) is 26.5 Å². The minimum absolute atomic E-state index is 0.314. The van der Waals surface area contributed by atoms with Crippen molar-refractivity contribution < 1.29 is 13.5 Å². The number of para-hydroxylation sites is 1. The van der Waals surface area contributed by atoms with Gasteiger partial charge in [0.25, 0.3) is 0 Å². The summed E-state index contributed by atoms with van der Waals surface area (Å²) in [4.78, 5) is 4.20. The van der Waals surface area contributed by atoms with Gasteiger partial charge in [0.2, 0.25) is 0 Å². The molecule has 0 aliphatic carbocycles. The Hall–Kier alpha value is -2.87. The number of hydrogen-bond donors (Lipinski definition) is 0. The Bertz CT molecular complexity index is 781. The third-order valence-corrected chi connectivity index (χ3v) is 3.12. The van der Waals surface area contributed by atoms with E-state index in [4.69, 9.17) is 4.74 Å². The summed E-state index contributed by atoms with van der Waals surface area (Å²) in [6.45, 7) is 2.50. The van der Waals surface area contributed by atoms with Crippen molar-refractivity contribution in [2.45, 2.75) is 13.3 Å². The molecule has 2 heterocycles. The number of nitrogens with zero attached hydrogens (tertiary/aromatic N) is 2. The van der Waals surface area contributed by atoms with Gasteiger partial charge in [-0.05, 0) is 24.6 Å². The molecule has 3 aromatic rings. The smallest absolute Gasteiger partial charge is 0.165 e. The van der Waals surface area contributed by atoms with Gasteiger partial charge in [-0.25, -0.2) is 9.37 Å². The summed E-state index contributed by atoms with van der Waals surface area (Å²) in [6, 6.07) is 8.82. The molecule has 0 aliphatic rings. The molecule has 3 rings (SSSR count). The summed E-state index contributed by atoms with van der Waals surface area (Å²) in [5.74, 6) is -0.0181. The molecule has 0 spiro atoms. The highest BCUT2D eigenvalue weighted by Gasteiger charge is 2.12. The third kappa shape index (κ3) is 4.32.